The zero-order chi connectivity index (χ0) is 14.9. The molecule has 21 heavy (non-hydrogen) atoms. The Morgan fingerprint density at radius 1 is 1.14 bits per heavy atom. The van der Waals surface area contributed by atoms with Crippen molar-refractivity contribution in [1.82, 2.24) is 0 Å². The lowest BCUT2D eigenvalue weighted by atomic mass is 9.85. The average Bonchev–Trinajstić information content (AvgIpc) is 3.02. The fraction of sp³-hybridized carbons (Fsp3) is 0.632. The Morgan fingerprint density at radius 2 is 1.86 bits per heavy atom. The van der Waals surface area contributed by atoms with Crippen LogP contribution in [-0.2, 0) is 9.53 Å². The van der Waals surface area contributed by atoms with E-state index < -0.39 is 0 Å². The average molecular weight is 288 g/mol. The van der Waals surface area contributed by atoms with Crippen molar-refractivity contribution < 1.29 is 9.53 Å². The van der Waals surface area contributed by atoms with E-state index in [4.69, 9.17) is 4.74 Å². The van der Waals surface area contributed by atoms with Crippen molar-refractivity contribution >= 4 is 5.97 Å². The van der Waals surface area contributed by atoms with E-state index in [2.05, 4.69) is 19.1 Å². The van der Waals surface area contributed by atoms with Crippen LogP contribution in [0, 0.1) is 5.92 Å². The summed E-state index contributed by atoms with van der Waals surface area (Å²) in [5, 5.41) is 0. The molecule has 2 heteroatoms. The van der Waals surface area contributed by atoms with Gasteiger partial charge in [-0.2, -0.15) is 0 Å². The number of hydrogen-bond donors (Lipinski definition) is 0. The molecule has 0 N–H and O–H groups in total. The molecule has 0 heterocycles. The topological polar surface area (TPSA) is 26.3 Å². The van der Waals surface area contributed by atoms with Crippen molar-refractivity contribution in [2.24, 2.45) is 5.92 Å². The van der Waals surface area contributed by atoms with Crippen LogP contribution in [0.15, 0.2) is 30.3 Å². The molecule has 1 aromatic rings. The van der Waals surface area contributed by atoms with Crippen molar-refractivity contribution in [3.8, 4) is 0 Å². The summed E-state index contributed by atoms with van der Waals surface area (Å²) in [6.45, 7) is 2.77. The number of carbonyl (C=O) groups is 1. The van der Waals surface area contributed by atoms with Crippen molar-refractivity contribution in [1.29, 1.82) is 0 Å². The van der Waals surface area contributed by atoms with E-state index in [-0.39, 0.29) is 11.9 Å². The smallest absolute Gasteiger partial charge is 0.313 e. The number of esters is 1. The molecule has 1 atom stereocenters. The largest absolute Gasteiger partial charge is 0.465 e. The number of hydrogen-bond acceptors (Lipinski definition) is 2. The Morgan fingerprint density at radius 3 is 2.52 bits per heavy atom. The number of ether oxygens (including phenoxy) is 1. The predicted molar refractivity (Wildman–Crippen MR) is 86.2 cm³/mol. The maximum atomic E-state index is 12.5. The lowest BCUT2D eigenvalue weighted by molar-refractivity contribution is -0.147. The van der Waals surface area contributed by atoms with Gasteiger partial charge in [-0.15, -0.1) is 0 Å². The van der Waals surface area contributed by atoms with Crippen LogP contribution < -0.4 is 0 Å². The van der Waals surface area contributed by atoms with Gasteiger partial charge in [0.1, 0.15) is 0 Å². The maximum Gasteiger partial charge on any atom is 0.313 e. The van der Waals surface area contributed by atoms with Gasteiger partial charge in [-0.1, -0.05) is 69.4 Å². The number of benzene rings is 1. The van der Waals surface area contributed by atoms with Gasteiger partial charge >= 0.3 is 5.97 Å². The van der Waals surface area contributed by atoms with Crippen LogP contribution in [0.2, 0.25) is 0 Å². The fourth-order valence-electron chi connectivity index (χ4n) is 3.34. The van der Waals surface area contributed by atoms with Crippen LogP contribution in [0.25, 0.3) is 0 Å². The quantitative estimate of drug-likeness (QED) is 0.492. The van der Waals surface area contributed by atoms with Crippen LogP contribution in [0.5, 0.6) is 0 Å². The molecule has 0 spiro atoms. The van der Waals surface area contributed by atoms with Gasteiger partial charge in [-0.05, 0) is 30.7 Å². The number of carbonyl (C=O) groups excluding carboxylic acids is 1. The molecule has 0 aliphatic heterocycles. The standard InChI is InChI=1S/C19H28O2/c1-2-3-4-10-15-21-19(20)18(17-13-8-9-14-17)16-11-6-5-7-12-16/h5-7,11-12,17-18H,2-4,8-10,13-15H2,1H3. The lowest BCUT2D eigenvalue weighted by Crippen LogP contribution is -2.23. The van der Waals surface area contributed by atoms with Gasteiger partial charge in [0.05, 0.1) is 12.5 Å². The molecule has 1 fully saturated rings. The molecular formula is C19H28O2. The van der Waals surface area contributed by atoms with E-state index in [1.54, 1.807) is 0 Å². The third-order valence-electron chi connectivity index (χ3n) is 4.53. The van der Waals surface area contributed by atoms with Crippen molar-refractivity contribution in [2.75, 3.05) is 6.61 Å². The molecule has 2 nitrogen and oxygen atoms in total. The zero-order valence-electron chi connectivity index (χ0n) is 13.2. The first-order chi connectivity index (χ1) is 10.3. The van der Waals surface area contributed by atoms with Gasteiger partial charge in [-0.25, -0.2) is 0 Å². The molecule has 0 amide bonds. The van der Waals surface area contributed by atoms with Crippen LogP contribution in [0.3, 0.4) is 0 Å². The molecule has 1 aromatic carbocycles. The highest BCUT2D eigenvalue weighted by Crippen LogP contribution is 2.38. The third kappa shape index (κ3) is 4.87. The summed E-state index contributed by atoms with van der Waals surface area (Å²) in [4.78, 5) is 12.5. The van der Waals surface area contributed by atoms with E-state index >= 15 is 0 Å². The Hall–Kier alpha value is -1.31. The molecule has 1 unspecified atom stereocenters. The second kappa shape index (κ2) is 8.86. The molecule has 0 aromatic heterocycles. The summed E-state index contributed by atoms with van der Waals surface area (Å²) in [5.41, 5.74) is 1.13. The van der Waals surface area contributed by atoms with Gasteiger partial charge < -0.3 is 4.74 Å². The van der Waals surface area contributed by atoms with E-state index in [0.29, 0.717) is 12.5 Å². The summed E-state index contributed by atoms with van der Waals surface area (Å²) < 4.78 is 5.58. The molecule has 2 rings (SSSR count). The normalized spacial score (nSPS) is 16.8. The van der Waals surface area contributed by atoms with Crippen LogP contribution in [0.1, 0.15) is 69.8 Å². The molecule has 0 bridgehead atoms. The van der Waals surface area contributed by atoms with Crippen LogP contribution in [0.4, 0.5) is 0 Å². The van der Waals surface area contributed by atoms with Crippen LogP contribution >= 0.6 is 0 Å². The van der Waals surface area contributed by atoms with Gasteiger partial charge in [-0.3, -0.25) is 4.79 Å². The second-order valence-electron chi connectivity index (χ2n) is 6.16. The van der Waals surface area contributed by atoms with Gasteiger partial charge in [0.25, 0.3) is 0 Å². The summed E-state index contributed by atoms with van der Waals surface area (Å²) >= 11 is 0. The third-order valence-corrected chi connectivity index (χ3v) is 4.53. The first-order valence-electron chi connectivity index (χ1n) is 8.54. The highest BCUT2D eigenvalue weighted by atomic mass is 16.5. The minimum absolute atomic E-state index is 0.00963. The summed E-state index contributed by atoms with van der Waals surface area (Å²) in [7, 11) is 0. The highest BCUT2D eigenvalue weighted by Gasteiger charge is 2.32. The SMILES string of the molecule is CCCCCCOC(=O)C(c1ccccc1)C1CCCC1. The van der Waals surface area contributed by atoms with Crippen molar-refractivity contribution in [2.45, 2.75) is 64.2 Å². The van der Waals surface area contributed by atoms with E-state index in [1.165, 1.54) is 25.7 Å². The Labute approximate surface area is 128 Å². The van der Waals surface area contributed by atoms with Crippen LogP contribution in [-0.4, -0.2) is 12.6 Å². The minimum atomic E-state index is -0.0557. The molecule has 1 aliphatic carbocycles. The molecule has 116 valence electrons. The minimum Gasteiger partial charge on any atom is -0.465 e. The number of rotatable bonds is 8. The number of unbranched alkanes of at least 4 members (excludes halogenated alkanes) is 3. The van der Waals surface area contributed by atoms with E-state index in [1.807, 2.05) is 18.2 Å². The van der Waals surface area contributed by atoms with Crippen molar-refractivity contribution in [3.05, 3.63) is 35.9 Å². The van der Waals surface area contributed by atoms with E-state index in [9.17, 15) is 4.79 Å². The Bertz CT molecular complexity index is 407. The molecule has 1 saturated carbocycles. The first-order valence-corrected chi connectivity index (χ1v) is 8.54. The first kappa shape index (κ1) is 16.1. The zero-order valence-corrected chi connectivity index (χ0v) is 13.2. The van der Waals surface area contributed by atoms with Gasteiger partial charge in [0, 0.05) is 0 Å². The fourth-order valence-corrected chi connectivity index (χ4v) is 3.34. The lowest BCUT2D eigenvalue weighted by Gasteiger charge is -2.22. The second-order valence-corrected chi connectivity index (χ2v) is 6.16. The highest BCUT2D eigenvalue weighted by molar-refractivity contribution is 5.78. The van der Waals surface area contributed by atoms with Crippen molar-refractivity contribution in [3.63, 3.8) is 0 Å². The van der Waals surface area contributed by atoms with E-state index in [0.717, 1.165) is 31.2 Å². The molecule has 0 radical (unpaired) electrons. The summed E-state index contributed by atoms with van der Waals surface area (Å²) in [5.74, 6) is 0.403. The monoisotopic (exact) mass is 288 g/mol. The predicted octanol–water partition coefficient (Wildman–Crippen LogP) is 5.08. The Kier molecular flexibility index (Phi) is 6.78. The Balaban J connectivity index is 1.93. The summed E-state index contributed by atoms with van der Waals surface area (Å²) in [6.07, 6.45) is 9.39. The molecule has 0 saturated heterocycles. The maximum absolute atomic E-state index is 12.5. The van der Waals surface area contributed by atoms with Gasteiger partial charge in [0.2, 0.25) is 0 Å². The molecule has 1 aliphatic rings. The van der Waals surface area contributed by atoms with Gasteiger partial charge in [0.15, 0.2) is 0 Å². The molecular weight excluding hydrogens is 260 g/mol. The summed E-state index contributed by atoms with van der Waals surface area (Å²) in [6, 6.07) is 10.2.